The number of hydrogen-bond acceptors (Lipinski definition) is 3. The second-order valence-electron chi connectivity index (χ2n) is 4.81. The van der Waals surface area contributed by atoms with Gasteiger partial charge in [-0.2, -0.15) is 0 Å². The van der Waals surface area contributed by atoms with Gasteiger partial charge in [0.05, 0.1) is 12.6 Å². The molecule has 0 rings (SSSR count). The van der Waals surface area contributed by atoms with Crippen LogP contribution in [0.15, 0.2) is 0 Å². The van der Waals surface area contributed by atoms with Crippen molar-refractivity contribution in [2.75, 3.05) is 26.8 Å². The van der Waals surface area contributed by atoms with Gasteiger partial charge < -0.3 is 20.1 Å². The van der Waals surface area contributed by atoms with Crippen LogP contribution in [-0.2, 0) is 9.53 Å². The van der Waals surface area contributed by atoms with E-state index in [1.165, 1.54) is 0 Å². The van der Waals surface area contributed by atoms with Crippen molar-refractivity contribution in [3.63, 3.8) is 0 Å². The number of hydrogen-bond donors (Lipinski definition) is 2. The number of nitrogens with zero attached hydrogens (tertiary/aromatic N) is 1. The van der Waals surface area contributed by atoms with E-state index in [1.807, 2.05) is 20.8 Å². The third-order valence-corrected chi connectivity index (χ3v) is 2.99. The highest BCUT2D eigenvalue weighted by atomic mass is 16.5. The largest absolute Gasteiger partial charge is 0.481 e. The van der Waals surface area contributed by atoms with Crippen LogP contribution in [0, 0.1) is 5.92 Å². The van der Waals surface area contributed by atoms with Crippen LogP contribution in [0.5, 0.6) is 0 Å². The second kappa shape index (κ2) is 9.61. The Morgan fingerprint density at radius 3 is 2.47 bits per heavy atom. The fourth-order valence-corrected chi connectivity index (χ4v) is 1.82. The molecule has 0 saturated carbocycles. The second-order valence-corrected chi connectivity index (χ2v) is 4.81. The van der Waals surface area contributed by atoms with Crippen molar-refractivity contribution in [3.05, 3.63) is 0 Å². The maximum atomic E-state index is 12.0. The highest BCUT2D eigenvalue weighted by molar-refractivity contribution is 5.74. The number of carbonyl (C=O) groups is 2. The molecule has 0 heterocycles. The lowest BCUT2D eigenvalue weighted by Gasteiger charge is -2.28. The molecule has 0 saturated heterocycles. The van der Waals surface area contributed by atoms with E-state index in [0.29, 0.717) is 26.1 Å². The molecule has 0 aromatic rings. The van der Waals surface area contributed by atoms with Crippen LogP contribution in [0.4, 0.5) is 4.79 Å². The average molecular weight is 274 g/mol. The number of urea groups is 1. The molecule has 0 bridgehead atoms. The smallest absolute Gasteiger partial charge is 0.317 e. The molecule has 2 N–H and O–H groups in total. The zero-order chi connectivity index (χ0) is 14.8. The summed E-state index contributed by atoms with van der Waals surface area (Å²) in [5.74, 6) is -0.654. The van der Waals surface area contributed by atoms with Crippen LogP contribution < -0.4 is 5.32 Å². The summed E-state index contributed by atoms with van der Waals surface area (Å²) in [6.07, 6.45) is 0.698. The summed E-state index contributed by atoms with van der Waals surface area (Å²) in [7, 11) is 1.61. The molecule has 0 radical (unpaired) electrons. The summed E-state index contributed by atoms with van der Waals surface area (Å²) in [5, 5.41) is 11.4. The van der Waals surface area contributed by atoms with Crippen molar-refractivity contribution in [2.45, 2.75) is 39.7 Å². The molecular weight excluding hydrogens is 248 g/mol. The molecule has 0 aliphatic carbocycles. The van der Waals surface area contributed by atoms with E-state index >= 15 is 0 Å². The van der Waals surface area contributed by atoms with Crippen LogP contribution in [0.1, 0.15) is 33.6 Å². The molecule has 2 unspecified atom stereocenters. The van der Waals surface area contributed by atoms with Crippen molar-refractivity contribution in [1.29, 1.82) is 0 Å². The van der Waals surface area contributed by atoms with Gasteiger partial charge in [0, 0.05) is 26.6 Å². The van der Waals surface area contributed by atoms with Crippen molar-refractivity contribution in [2.24, 2.45) is 5.92 Å². The molecule has 0 aromatic heterocycles. The Morgan fingerprint density at radius 2 is 2.00 bits per heavy atom. The maximum absolute atomic E-state index is 12.0. The van der Waals surface area contributed by atoms with Crippen molar-refractivity contribution in [1.82, 2.24) is 10.2 Å². The van der Waals surface area contributed by atoms with Gasteiger partial charge in [-0.1, -0.05) is 6.92 Å². The molecule has 112 valence electrons. The fourth-order valence-electron chi connectivity index (χ4n) is 1.82. The highest BCUT2D eigenvalue weighted by Gasteiger charge is 2.18. The van der Waals surface area contributed by atoms with Gasteiger partial charge in [0.25, 0.3) is 0 Å². The van der Waals surface area contributed by atoms with Crippen LogP contribution in [0.25, 0.3) is 0 Å². The van der Waals surface area contributed by atoms with Crippen molar-refractivity contribution >= 4 is 12.0 Å². The first-order valence-corrected chi connectivity index (χ1v) is 6.67. The summed E-state index contributed by atoms with van der Waals surface area (Å²) in [6.45, 7) is 7.37. The number of likely N-dealkylation sites (N-methyl/N-ethyl adjacent to an activating group) is 1. The molecule has 0 aliphatic rings. The Morgan fingerprint density at radius 1 is 1.37 bits per heavy atom. The summed E-state index contributed by atoms with van der Waals surface area (Å²) in [6, 6.07) is -0.112. The highest BCUT2D eigenvalue weighted by Crippen LogP contribution is 2.05. The zero-order valence-electron chi connectivity index (χ0n) is 12.3. The molecule has 6 nitrogen and oxygen atoms in total. The van der Waals surface area contributed by atoms with Gasteiger partial charge in [0.2, 0.25) is 0 Å². The van der Waals surface area contributed by atoms with Gasteiger partial charge in [0.15, 0.2) is 0 Å². The number of ether oxygens (including phenoxy) is 1. The number of amides is 2. The Labute approximate surface area is 115 Å². The molecule has 2 amide bonds. The summed E-state index contributed by atoms with van der Waals surface area (Å²) >= 11 is 0. The van der Waals surface area contributed by atoms with E-state index in [1.54, 1.807) is 12.0 Å². The summed E-state index contributed by atoms with van der Waals surface area (Å²) in [5.41, 5.74) is 0. The molecule has 0 aliphatic heterocycles. The average Bonchev–Trinajstić information content (AvgIpc) is 2.35. The lowest BCUT2D eigenvalue weighted by molar-refractivity contribution is -0.137. The van der Waals surface area contributed by atoms with Gasteiger partial charge in [-0.05, 0) is 26.2 Å². The molecule has 0 spiro atoms. The van der Waals surface area contributed by atoms with Gasteiger partial charge in [-0.3, -0.25) is 4.79 Å². The van der Waals surface area contributed by atoms with Crippen LogP contribution in [0.2, 0.25) is 0 Å². The standard InChI is InChI=1S/C13H26N2O4/c1-5-15(11(3)9-19-4)13(18)14-8-10(2)6-7-12(16)17/h10-11H,5-9H2,1-4H3,(H,14,18)(H,16,17). The zero-order valence-corrected chi connectivity index (χ0v) is 12.3. The number of carboxylic acid groups (broad SMARTS) is 1. The molecule has 6 heteroatoms. The number of aliphatic carboxylic acids is 1. The lowest BCUT2D eigenvalue weighted by atomic mass is 10.1. The lowest BCUT2D eigenvalue weighted by Crippen LogP contribution is -2.47. The summed E-state index contributed by atoms with van der Waals surface area (Å²) in [4.78, 5) is 24.1. The van der Waals surface area contributed by atoms with Gasteiger partial charge in [-0.15, -0.1) is 0 Å². The van der Waals surface area contributed by atoms with E-state index in [0.717, 1.165) is 0 Å². The number of carbonyl (C=O) groups excluding carboxylic acids is 1. The predicted molar refractivity (Wildman–Crippen MR) is 73.2 cm³/mol. The first-order chi connectivity index (χ1) is 8.92. The van der Waals surface area contributed by atoms with Gasteiger partial charge in [0.1, 0.15) is 0 Å². The van der Waals surface area contributed by atoms with E-state index in [4.69, 9.17) is 9.84 Å². The van der Waals surface area contributed by atoms with E-state index < -0.39 is 5.97 Å². The Balaban J connectivity index is 4.09. The molecule has 19 heavy (non-hydrogen) atoms. The SMILES string of the molecule is CCN(C(=O)NCC(C)CCC(=O)O)C(C)COC. The maximum Gasteiger partial charge on any atom is 0.317 e. The van der Waals surface area contributed by atoms with E-state index in [-0.39, 0.29) is 24.4 Å². The third-order valence-electron chi connectivity index (χ3n) is 2.99. The van der Waals surface area contributed by atoms with Gasteiger partial charge in [-0.25, -0.2) is 4.79 Å². The molecule has 0 aromatic carbocycles. The van der Waals surface area contributed by atoms with Crippen LogP contribution in [0.3, 0.4) is 0 Å². The van der Waals surface area contributed by atoms with Gasteiger partial charge >= 0.3 is 12.0 Å². The Kier molecular flexibility index (Phi) is 8.95. The third kappa shape index (κ3) is 7.66. The van der Waals surface area contributed by atoms with E-state index in [2.05, 4.69) is 5.32 Å². The summed E-state index contributed by atoms with van der Waals surface area (Å²) < 4.78 is 5.04. The number of carboxylic acids is 1. The number of nitrogens with one attached hydrogen (secondary N) is 1. The van der Waals surface area contributed by atoms with Crippen LogP contribution >= 0.6 is 0 Å². The fraction of sp³-hybridized carbons (Fsp3) is 0.846. The predicted octanol–water partition coefficient (Wildman–Crippen LogP) is 1.55. The number of methoxy groups -OCH3 is 1. The van der Waals surface area contributed by atoms with Crippen molar-refractivity contribution in [3.8, 4) is 0 Å². The Bertz CT molecular complexity index is 284. The normalized spacial score (nSPS) is 13.7. The van der Waals surface area contributed by atoms with E-state index in [9.17, 15) is 9.59 Å². The molecular formula is C13H26N2O4. The monoisotopic (exact) mass is 274 g/mol. The first-order valence-electron chi connectivity index (χ1n) is 6.67. The first kappa shape index (κ1) is 17.7. The minimum absolute atomic E-state index is 0.0179. The minimum Gasteiger partial charge on any atom is -0.481 e. The van der Waals surface area contributed by atoms with Crippen molar-refractivity contribution < 1.29 is 19.4 Å². The molecule has 0 fully saturated rings. The van der Waals surface area contributed by atoms with Crippen LogP contribution in [-0.4, -0.2) is 54.9 Å². The molecule has 2 atom stereocenters. The topological polar surface area (TPSA) is 78.9 Å². The number of rotatable bonds is 9. The Hall–Kier alpha value is -1.30. The minimum atomic E-state index is -0.804. The quantitative estimate of drug-likeness (QED) is 0.668.